The molecular formula is C13H12ClFN4O. The van der Waals surface area contributed by atoms with Crippen LogP contribution in [0, 0.1) is 5.82 Å². The topological polar surface area (TPSA) is 59.3 Å². The maximum absolute atomic E-state index is 12.8. The number of rotatable bonds is 3. The number of hydrazone groups is 1. The van der Waals surface area contributed by atoms with Crippen molar-refractivity contribution in [2.75, 3.05) is 0 Å². The lowest BCUT2D eigenvalue weighted by Gasteiger charge is -2.01. The SMILES string of the molecule is C/C(=N/NC(=O)c1nn(C)cc1Cl)c1ccc(F)cc1. The summed E-state index contributed by atoms with van der Waals surface area (Å²) in [6.07, 6.45) is 1.52. The van der Waals surface area contributed by atoms with Gasteiger partial charge in [-0.25, -0.2) is 9.82 Å². The Morgan fingerprint density at radius 1 is 1.40 bits per heavy atom. The molecule has 0 atom stereocenters. The molecular weight excluding hydrogens is 283 g/mol. The highest BCUT2D eigenvalue weighted by molar-refractivity contribution is 6.33. The minimum Gasteiger partial charge on any atom is -0.273 e. The highest BCUT2D eigenvalue weighted by atomic mass is 35.5. The largest absolute Gasteiger partial charge is 0.293 e. The molecule has 1 N–H and O–H groups in total. The van der Waals surface area contributed by atoms with Crippen LogP contribution < -0.4 is 5.43 Å². The van der Waals surface area contributed by atoms with Gasteiger partial charge in [0.1, 0.15) is 5.82 Å². The van der Waals surface area contributed by atoms with E-state index in [0.29, 0.717) is 11.3 Å². The van der Waals surface area contributed by atoms with Crippen molar-refractivity contribution in [1.29, 1.82) is 0 Å². The number of aryl methyl sites for hydroxylation is 1. The summed E-state index contributed by atoms with van der Waals surface area (Å²) in [5, 5.41) is 8.11. The average Bonchev–Trinajstić information content (AvgIpc) is 2.75. The highest BCUT2D eigenvalue weighted by Gasteiger charge is 2.14. The summed E-state index contributed by atoms with van der Waals surface area (Å²) in [6, 6.07) is 5.81. The van der Waals surface area contributed by atoms with Crippen molar-refractivity contribution < 1.29 is 9.18 Å². The lowest BCUT2D eigenvalue weighted by atomic mass is 10.1. The molecule has 2 rings (SSSR count). The molecule has 1 aromatic carbocycles. The maximum Gasteiger partial charge on any atom is 0.293 e. The third-order valence-corrected chi connectivity index (χ3v) is 2.86. The lowest BCUT2D eigenvalue weighted by Crippen LogP contribution is -2.20. The third kappa shape index (κ3) is 3.21. The van der Waals surface area contributed by atoms with Crippen molar-refractivity contribution in [3.63, 3.8) is 0 Å². The Balaban J connectivity index is 2.10. The van der Waals surface area contributed by atoms with Gasteiger partial charge in [0.2, 0.25) is 0 Å². The Labute approximate surface area is 120 Å². The van der Waals surface area contributed by atoms with Crippen molar-refractivity contribution in [3.8, 4) is 0 Å². The second-order valence-corrected chi connectivity index (χ2v) is 4.55. The fourth-order valence-electron chi connectivity index (χ4n) is 1.56. The minimum atomic E-state index is -0.503. The van der Waals surface area contributed by atoms with E-state index in [1.54, 1.807) is 26.1 Å². The van der Waals surface area contributed by atoms with Crippen LogP contribution in [0.4, 0.5) is 4.39 Å². The number of amides is 1. The van der Waals surface area contributed by atoms with Crippen LogP contribution in [0.3, 0.4) is 0 Å². The lowest BCUT2D eigenvalue weighted by molar-refractivity contribution is 0.0949. The van der Waals surface area contributed by atoms with Crippen molar-refractivity contribution in [1.82, 2.24) is 15.2 Å². The molecule has 0 aliphatic heterocycles. The van der Waals surface area contributed by atoms with Crippen LogP contribution >= 0.6 is 11.6 Å². The van der Waals surface area contributed by atoms with Crippen LogP contribution in [0.25, 0.3) is 0 Å². The summed E-state index contributed by atoms with van der Waals surface area (Å²) in [5.41, 5.74) is 3.72. The standard InChI is InChI=1S/C13H12ClFN4O/c1-8(9-3-5-10(15)6-4-9)16-17-13(20)12-11(14)7-19(2)18-12/h3-7H,1-2H3,(H,17,20)/b16-8-. The van der Waals surface area contributed by atoms with Crippen molar-refractivity contribution >= 4 is 23.2 Å². The van der Waals surface area contributed by atoms with Crippen LogP contribution in [-0.2, 0) is 7.05 Å². The molecule has 20 heavy (non-hydrogen) atoms. The van der Waals surface area contributed by atoms with E-state index in [1.807, 2.05) is 0 Å². The van der Waals surface area contributed by atoms with Gasteiger partial charge >= 0.3 is 0 Å². The van der Waals surface area contributed by atoms with Gasteiger partial charge in [-0.3, -0.25) is 9.48 Å². The van der Waals surface area contributed by atoms with E-state index in [4.69, 9.17) is 11.6 Å². The molecule has 0 radical (unpaired) electrons. The van der Waals surface area contributed by atoms with E-state index in [9.17, 15) is 9.18 Å². The fourth-order valence-corrected chi connectivity index (χ4v) is 1.82. The first-order chi connectivity index (χ1) is 9.47. The molecule has 1 amide bonds. The monoisotopic (exact) mass is 294 g/mol. The molecule has 0 fully saturated rings. The van der Waals surface area contributed by atoms with Gasteiger partial charge in [0.05, 0.1) is 10.7 Å². The van der Waals surface area contributed by atoms with E-state index < -0.39 is 5.91 Å². The number of aromatic nitrogens is 2. The van der Waals surface area contributed by atoms with Gasteiger partial charge in [-0.15, -0.1) is 0 Å². The molecule has 1 heterocycles. The average molecular weight is 295 g/mol. The van der Waals surface area contributed by atoms with Crippen LogP contribution in [0.15, 0.2) is 35.6 Å². The Morgan fingerprint density at radius 3 is 2.60 bits per heavy atom. The number of nitrogens with one attached hydrogen (secondary N) is 1. The van der Waals surface area contributed by atoms with E-state index in [-0.39, 0.29) is 16.5 Å². The second kappa shape index (κ2) is 5.83. The fraction of sp³-hybridized carbons (Fsp3) is 0.154. The summed E-state index contributed by atoms with van der Waals surface area (Å²) < 4.78 is 14.2. The van der Waals surface area contributed by atoms with E-state index in [0.717, 1.165) is 0 Å². The van der Waals surface area contributed by atoms with Gasteiger partial charge in [-0.1, -0.05) is 23.7 Å². The first-order valence-electron chi connectivity index (χ1n) is 5.77. The third-order valence-electron chi connectivity index (χ3n) is 2.59. The summed E-state index contributed by atoms with van der Waals surface area (Å²) in [4.78, 5) is 11.8. The smallest absolute Gasteiger partial charge is 0.273 e. The number of carbonyl (C=O) groups is 1. The van der Waals surface area contributed by atoms with Gasteiger partial charge in [-0.05, 0) is 24.6 Å². The highest BCUT2D eigenvalue weighted by Crippen LogP contribution is 2.12. The normalized spacial score (nSPS) is 11.5. The van der Waals surface area contributed by atoms with Gasteiger partial charge in [-0.2, -0.15) is 10.2 Å². The van der Waals surface area contributed by atoms with E-state index >= 15 is 0 Å². The molecule has 5 nitrogen and oxygen atoms in total. The molecule has 0 aliphatic rings. The summed E-state index contributed by atoms with van der Waals surface area (Å²) in [7, 11) is 1.66. The van der Waals surface area contributed by atoms with Gasteiger partial charge in [0.25, 0.3) is 5.91 Å². The molecule has 0 bridgehead atoms. The van der Waals surface area contributed by atoms with Crippen molar-refractivity contribution in [3.05, 3.63) is 52.6 Å². The van der Waals surface area contributed by atoms with E-state index in [1.165, 1.54) is 23.0 Å². The van der Waals surface area contributed by atoms with Crippen LogP contribution in [0.1, 0.15) is 23.0 Å². The molecule has 2 aromatic rings. The second-order valence-electron chi connectivity index (χ2n) is 4.14. The quantitative estimate of drug-likeness (QED) is 0.698. The maximum atomic E-state index is 12.8. The first-order valence-corrected chi connectivity index (χ1v) is 6.15. The van der Waals surface area contributed by atoms with E-state index in [2.05, 4.69) is 15.6 Å². The van der Waals surface area contributed by atoms with Crippen molar-refractivity contribution in [2.45, 2.75) is 6.92 Å². The number of hydrogen-bond acceptors (Lipinski definition) is 3. The van der Waals surface area contributed by atoms with Crippen LogP contribution in [-0.4, -0.2) is 21.4 Å². The van der Waals surface area contributed by atoms with Gasteiger partial charge in [0, 0.05) is 13.2 Å². The summed E-state index contributed by atoms with van der Waals surface area (Å²) in [5.74, 6) is -0.831. The molecule has 1 aromatic heterocycles. The molecule has 7 heteroatoms. The predicted octanol–water partition coefficient (Wildman–Crippen LogP) is 2.37. The molecule has 0 saturated heterocycles. The zero-order valence-corrected chi connectivity index (χ0v) is 11.6. The molecule has 104 valence electrons. The number of hydrogen-bond donors (Lipinski definition) is 1. The van der Waals surface area contributed by atoms with Crippen LogP contribution in [0.2, 0.25) is 5.02 Å². The molecule has 0 spiro atoms. The number of carbonyl (C=O) groups excluding carboxylic acids is 1. The Kier molecular flexibility index (Phi) is 4.14. The Morgan fingerprint density at radius 2 is 2.05 bits per heavy atom. The number of halogens is 2. The Hall–Kier alpha value is -2.21. The van der Waals surface area contributed by atoms with Crippen molar-refractivity contribution in [2.24, 2.45) is 12.1 Å². The molecule has 0 aliphatic carbocycles. The molecule has 0 unspecified atom stereocenters. The van der Waals surface area contributed by atoms with Gasteiger partial charge in [0.15, 0.2) is 5.69 Å². The predicted molar refractivity (Wildman–Crippen MR) is 74.3 cm³/mol. The number of benzene rings is 1. The first kappa shape index (κ1) is 14.2. The molecule has 0 saturated carbocycles. The summed E-state index contributed by atoms with van der Waals surface area (Å²) in [6.45, 7) is 1.70. The summed E-state index contributed by atoms with van der Waals surface area (Å²) >= 11 is 5.86. The van der Waals surface area contributed by atoms with Crippen LogP contribution in [0.5, 0.6) is 0 Å². The number of nitrogens with zero attached hydrogens (tertiary/aromatic N) is 3. The Bertz CT molecular complexity index is 664. The van der Waals surface area contributed by atoms with Gasteiger partial charge < -0.3 is 0 Å². The minimum absolute atomic E-state index is 0.102. The zero-order chi connectivity index (χ0) is 14.7. The zero-order valence-electron chi connectivity index (χ0n) is 10.9.